The molecule has 1 fully saturated rings. The molecule has 5 heteroatoms. The Hall–Kier alpha value is -2.76. The van der Waals surface area contributed by atoms with E-state index in [9.17, 15) is 4.79 Å². The number of carbonyl (C=O) groups is 1. The Bertz CT molecular complexity index is 1170. The van der Waals surface area contributed by atoms with Gasteiger partial charge in [0.05, 0.1) is 29.7 Å². The van der Waals surface area contributed by atoms with E-state index < -0.39 is 5.54 Å². The van der Waals surface area contributed by atoms with Crippen molar-refractivity contribution in [2.24, 2.45) is 10.9 Å². The zero-order valence-electron chi connectivity index (χ0n) is 19.0. The molecule has 174 valence electrons. The van der Waals surface area contributed by atoms with Crippen LogP contribution in [0, 0.1) is 11.7 Å². The summed E-state index contributed by atoms with van der Waals surface area (Å²) in [6.45, 7) is 0.582. The van der Waals surface area contributed by atoms with Gasteiger partial charge in [0, 0.05) is 22.8 Å². The van der Waals surface area contributed by atoms with Crippen molar-refractivity contribution in [3.05, 3.63) is 107 Å². The van der Waals surface area contributed by atoms with Crippen LogP contribution < -0.4 is 0 Å². The van der Waals surface area contributed by atoms with Crippen LogP contribution in [0.4, 0.5) is 4.39 Å². The molecule has 0 saturated heterocycles. The maximum absolute atomic E-state index is 15.1. The molecule has 0 unspecified atom stereocenters. The number of nitrogens with zero attached hydrogens (tertiary/aromatic N) is 1. The smallest absolute Gasteiger partial charge is 0.169 e. The first kappa shape index (κ1) is 23.0. The minimum absolute atomic E-state index is 0.0499. The molecule has 0 amide bonds. The van der Waals surface area contributed by atoms with Crippen LogP contribution in [0.2, 0.25) is 0 Å². The molecule has 0 bridgehead atoms. The van der Waals surface area contributed by atoms with E-state index >= 15 is 4.39 Å². The molecule has 2 aliphatic rings. The molecular weight excluding hydrogens is 445 g/mol. The third-order valence-electron chi connectivity index (χ3n) is 6.92. The summed E-state index contributed by atoms with van der Waals surface area (Å²) >= 11 is 1.64. The molecule has 3 nitrogen and oxygen atoms in total. The zero-order valence-corrected chi connectivity index (χ0v) is 19.8. The molecule has 0 spiro atoms. The van der Waals surface area contributed by atoms with E-state index in [2.05, 4.69) is 12.1 Å². The van der Waals surface area contributed by atoms with E-state index in [0.717, 1.165) is 29.2 Å². The second-order valence-electron chi connectivity index (χ2n) is 9.08. The van der Waals surface area contributed by atoms with Gasteiger partial charge in [0.2, 0.25) is 0 Å². The van der Waals surface area contributed by atoms with Gasteiger partial charge in [-0.15, -0.1) is 11.8 Å². The molecule has 0 aromatic heterocycles. The van der Waals surface area contributed by atoms with Crippen LogP contribution in [0.5, 0.6) is 0 Å². The van der Waals surface area contributed by atoms with Gasteiger partial charge in [-0.1, -0.05) is 78.9 Å². The quantitative estimate of drug-likeness (QED) is 0.353. The van der Waals surface area contributed by atoms with Gasteiger partial charge in [-0.25, -0.2) is 4.39 Å². The molecule has 34 heavy (non-hydrogen) atoms. The second kappa shape index (κ2) is 10.2. The predicted octanol–water partition coefficient (Wildman–Crippen LogP) is 6.82. The molecular formula is C29H28FNO2S. The number of thioether (sulfide) groups is 1. The Kier molecular flexibility index (Phi) is 6.93. The highest BCUT2D eigenvalue weighted by molar-refractivity contribution is 8.14. The number of rotatable bonds is 7. The summed E-state index contributed by atoms with van der Waals surface area (Å²) < 4.78 is 21.4. The highest BCUT2D eigenvalue weighted by Crippen LogP contribution is 2.51. The SMILES string of the molecule is O=C(CC1=N[C@@]2(c3ccccc3F)CC[C@@H](OCc3ccccc3)C[C@H]2CS1)c1ccccc1. The van der Waals surface area contributed by atoms with Gasteiger partial charge in [-0.3, -0.25) is 9.79 Å². The van der Waals surface area contributed by atoms with Crippen molar-refractivity contribution in [3.8, 4) is 0 Å². The Morgan fingerprint density at radius 2 is 1.71 bits per heavy atom. The van der Waals surface area contributed by atoms with Crippen molar-refractivity contribution in [3.63, 3.8) is 0 Å². The molecule has 1 aliphatic heterocycles. The fraction of sp³-hybridized carbons (Fsp3) is 0.310. The summed E-state index contributed by atoms with van der Waals surface area (Å²) in [4.78, 5) is 18.0. The van der Waals surface area contributed by atoms with Crippen molar-refractivity contribution in [2.75, 3.05) is 5.75 Å². The molecule has 1 saturated carbocycles. The van der Waals surface area contributed by atoms with Crippen molar-refractivity contribution in [2.45, 2.75) is 43.9 Å². The van der Waals surface area contributed by atoms with Gasteiger partial charge in [-0.05, 0) is 30.9 Å². The topological polar surface area (TPSA) is 38.7 Å². The number of halogens is 1. The van der Waals surface area contributed by atoms with E-state index in [0.29, 0.717) is 24.2 Å². The number of ketones is 1. The molecule has 0 radical (unpaired) electrons. The highest BCUT2D eigenvalue weighted by atomic mass is 32.2. The summed E-state index contributed by atoms with van der Waals surface area (Å²) in [5.41, 5.74) is 1.85. The fourth-order valence-corrected chi connectivity index (χ4v) is 6.41. The summed E-state index contributed by atoms with van der Waals surface area (Å²) in [5, 5.41) is 0.803. The van der Waals surface area contributed by atoms with Gasteiger partial charge in [-0.2, -0.15) is 0 Å². The lowest BCUT2D eigenvalue weighted by Crippen LogP contribution is -2.46. The largest absolute Gasteiger partial charge is 0.374 e. The summed E-state index contributed by atoms with van der Waals surface area (Å²) in [7, 11) is 0. The summed E-state index contributed by atoms with van der Waals surface area (Å²) in [6, 6.07) is 26.5. The first-order chi connectivity index (χ1) is 16.6. The number of benzene rings is 3. The Balaban J connectivity index is 1.38. The zero-order chi connectivity index (χ0) is 23.4. The summed E-state index contributed by atoms with van der Waals surface area (Å²) in [6.07, 6.45) is 2.73. The predicted molar refractivity (Wildman–Crippen MR) is 136 cm³/mol. The van der Waals surface area contributed by atoms with Gasteiger partial charge in [0.1, 0.15) is 5.82 Å². The van der Waals surface area contributed by atoms with Gasteiger partial charge in [0.15, 0.2) is 5.78 Å². The van der Waals surface area contributed by atoms with E-state index in [1.165, 1.54) is 6.07 Å². The highest BCUT2D eigenvalue weighted by Gasteiger charge is 2.48. The number of hydrogen-bond acceptors (Lipinski definition) is 4. The molecule has 1 aliphatic carbocycles. The minimum atomic E-state index is -0.643. The number of fused-ring (bicyclic) bond motifs is 1. The maximum atomic E-state index is 15.1. The second-order valence-corrected chi connectivity index (χ2v) is 10.2. The van der Waals surface area contributed by atoms with E-state index in [1.54, 1.807) is 17.8 Å². The fourth-order valence-electron chi connectivity index (χ4n) is 5.14. The average Bonchev–Trinajstić information content (AvgIpc) is 2.88. The normalized spacial score (nSPS) is 24.2. The average molecular weight is 474 g/mol. The maximum Gasteiger partial charge on any atom is 0.169 e. The van der Waals surface area contributed by atoms with Crippen LogP contribution in [0.3, 0.4) is 0 Å². The minimum Gasteiger partial charge on any atom is -0.374 e. The number of carbonyl (C=O) groups excluding carboxylic acids is 1. The van der Waals surface area contributed by atoms with E-state index in [4.69, 9.17) is 9.73 Å². The monoisotopic (exact) mass is 473 g/mol. The molecule has 3 aromatic carbocycles. The molecule has 0 N–H and O–H groups in total. The van der Waals surface area contributed by atoms with Crippen molar-refractivity contribution in [1.29, 1.82) is 0 Å². The third kappa shape index (κ3) is 4.86. The molecule has 5 rings (SSSR count). The number of ether oxygens (including phenoxy) is 1. The van der Waals surface area contributed by atoms with Gasteiger partial charge in [0.25, 0.3) is 0 Å². The lowest BCUT2D eigenvalue weighted by atomic mass is 9.68. The van der Waals surface area contributed by atoms with Crippen LogP contribution in [-0.4, -0.2) is 22.7 Å². The van der Waals surface area contributed by atoms with Crippen LogP contribution in [0.15, 0.2) is 89.9 Å². The lowest BCUT2D eigenvalue weighted by molar-refractivity contribution is -0.0168. The van der Waals surface area contributed by atoms with Crippen LogP contribution in [-0.2, 0) is 16.9 Å². The van der Waals surface area contributed by atoms with E-state index in [-0.39, 0.29) is 30.0 Å². The lowest BCUT2D eigenvalue weighted by Gasteiger charge is -2.47. The standard InChI is InChI=1S/C29H28FNO2S/c30-26-14-8-7-13-25(26)29-16-15-24(33-19-21-9-3-1-4-10-21)17-23(29)20-34-28(31-29)18-27(32)22-11-5-2-6-12-22/h1-14,23-24H,15-20H2/t23-,24+,29-/m0/s1. The first-order valence-electron chi connectivity index (χ1n) is 11.8. The third-order valence-corrected chi connectivity index (χ3v) is 8.06. The van der Waals surface area contributed by atoms with Crippen LogP contribution in [0.25, 0.3) is 0 Å². The first-order valence-corrected chi connectivity index (χ1v) is 12.8. The number of Topliss-reactive ketones (excluding diaryl/α,β-unsaturated/α-hetero) is 1. The van der Waals surface area contributed by atoms with Crippen molar-refractivity contribution in [1.82, 2.24) is 0 Å². The Labute approximate surface area is 204 Å². The van der Waals surface area contributed by atoms with Crippen LogP contribution in [0.1, 0.15) is 47.2 Å². The number of hydrogen-bond donors (Lipinski definition) is 0. The Morgan fingerprint density at radius 3 is 2.47 bits per heavy atom. The molecule has 3 atom stereocenters. The van der Waals surface area contributed by atoms with E-state index in [1.807, 2.05) is 60.7 Å². The Morgan fingerprint density at radius 1 is 1.00 bits per heavy atom. The number of aliphatic imine (C=N–C) groups is 1. The van der Waals surface area contributed by atoms with Gasteiger partial charge < -0.3 is 4.74 Å². The molecule has 1 heterocycles. The van der Waals surface area contributed by atoms with Crippen molar-refractivity contribution >= 4 is 22.6 Å². The van der Waals surface area contributed by atoms with Crippen molar-refractivity contribution < 1.29 is 13.9 Å². The van der Waals surface area contributed by atoms with Gasteiger partial charge >= 0.3 is 0 Å². The summed E-state index contributed by atoms with van der Waals surface area (Å²) in [5.74, 6) is 0.786. The van der Waals surface area contributed by atoms with Crippen LogP contribution >= 0.6 is 11.8 Å². The molecule has 3 aromatic rings.